The van der Waals surface area contributed by atoms with E-state index in [4.69, 9.17) is 16.3 Å². The number of carbonyl (C=O) groups is 1. The monoisotopic (exact) mass is 394 g/mol. The fourth-order valence-electron chi connectivity index (χ4n) is 4.27. The zero-order chi connectivity index (χ0) is 19.2. The summed E-state index contributed by atoms with van der Waals surface area (Å²) in [4.78, 5) is 12.9. The molecular weight excluding hydrogens is 371 g/mol. The van der Waals surface area contributed by atoms with Gasteiger partial charge in [-0.05, 0) is 38.3 Å². The number of nitrogens with zero attached hydrogens (tertiary/aromatic N) is 1. The summed E-state index contributed by atoms with van der Waals surface area (Å²) in [6, 6.07) is 5.72. The van der Waals surface area contributed by atoms with Crippen molar-refractivity contribution in [2.45, 2.75) is 49.9 Å². The summed E-state index contributed by atoms with van der Waals surface area (Å²) < 4.78 is 21.6. The number of fused-ring (bicyclic) bond motifs is 1. The lowest BCUT2D eigenvalue weighted by Gasteiger charge is -2.38. The van der Waals surface area contributed by atoms with Crippen molar-refractivity contribution in [2.75, 3.05) is 19.8 Å². The number of alkyl halides is 1. The molecule has 2 fully saturated rings. The average molecular weight is 395 g/mol. The van der Waals surface area contributed by atoms with Gasteiger partial charge in [0.1, 0.15) is 5.67 Å². The first-order valence-corrected chi connectivity index (χ1v) is 9.72. The maximum Gasteiger partial charge on any atom is 0.253 e. The Kier molecular flexibility index (Phi) is 4.69. The Balaban J connectivity index is 1.58. The van der Waals surface area contributed by atoms with Gasteiger partial charge in [0.2, 0.25) is 0 Å². The van der Waals surface area contributed by atoms with Crippen molar-refractivity contribution in [3.05, 3.63) is 35.0 Å². The highest BCUT2D eigenvalue weighted by molar-refractivity contribution is 6.36. The van der Waals surface area contributed by atoms with Crippen molar-refractivity contribution in [3.63, 3.8) is 0 Å². The van der Waals surface area contributed by atoms with Crippen LogP contribution in [0.1, 0.15) is 49.0 Å². The predicted molar refractivity (Wildman–Crippen MR) is 102 cm³/mol. The molecule has 0 spiro atoms. The molecule has 1 saturated heterocycles. The first-order chi connectivity index (χ1) is 12.8. The molecule has 1 aliphatic carbocycles. The molecule has 1 aromatic heterocycles. The molecule has 7 heteroatoms. The van der Waals surface area contributed by atoms with E-state index in [9.17, 15) is 14.3 Å². The number of aromatic nitrogens is 1. The number of hydrogen-bond donors (Lipinski definition) is 2. The molecule has 0 bridgehead atoms. The quantitative estimate of drug-likeness (QED) is 0.832. The Hall–Kier alpha value is -1.63. The molecular formula is C20H24ClFN2O3. The second-order valence-electron chi connectivity index (χ2n) is 8.13. The van der Waals surface area contributed by atoms with E-state index in [2.05, 4.69) is 5.32 Å². The fourth-order valence-corrected chi connectivity index (χ4v) is 4.54. The van der Waals surface area contributed by atoms with Gasteiger partial charge >= 0.3 is 0 Å². The van der Waals surface area contributed by atoms with E-state index in [1.807, 2.05) is 16.7 Å². The molecule has 2 N–H and O–H groups in total. The molecule has 4 rings (SSSR count). The first kappa shape index (κ1) is 18.7. The van der Waals surface area contributed by atoms with E-state index >= 15 is 0 Å². The first-order valence-electron chi connectivity index (χ1n) is 9.34. The summed E-state index contributed by atoms with van der Waals surface area (Å²) >= 11 is 6.38. The number of nitrogens with one attached hydrogen (secondary N) is 1. The lowest BCUT2D eigenvalue weighted by Crippen LogP contribution is -2.49. The van der Waals surface area contributed by atoms with E-state index in [-0.39, 0.29) is 24.9 Å². The van der Waals surface area contributed by atoms with Crippen LogP contribution in [0.25, 0.3) is 10.9 Å². The van der Waals surface area contributed by atoms with Crippen LogP contribution in [0.4, 0.5) is 4.39 Å². The molecule has 2 aliphatic rings. The summed E-state index contributed by atoms with van der Waals surface area (Å²) in [7, 11) is 0. The Morgan fingerprint density at radius 2 is 2.22 bits per heavy atom. The van der Waals surface area contributed by atoms with Crippen molar-refractivity contribution in [3.8, 4) is 0 Å². The number of benzene rings is 1. The average Bonchev–Trinajstić information content (AvgIpc) is 2.91. The van der Waals surface area contributed by atoms with Gasteiger partial charge in [-0.2, -0.15) is 0 Å². The number of halogens is 2. The van der Waals surface area contributed by atoms with Gasteiger partial charge < -0.3 is 19.7 Å². The minimum Gasteiger partial charge on any atom is -0.388 e. The van der Waals surface area contributed by atoms with Crippen LogP contribution in [0.5, 0.6) is 0 Å². The SMILES string of the molecule is CC1(F)CCC[C@@](O)(CNC(=O)c2cn(C3COC3)c3cccc(Cl)c23)C1. The van der Waals surface area contributed by atoms with Crippen LogP contribution in [0.2, 0.25) is 5.02 Å². The molecule has 1 aliphatic heterocycles. The molecule has 2 heterocycles. The molecule has 1 aromatic carbocycles. The Labute approximate surface area is 162 Å². The number of carbonyl (C=O) groups excluding carboxylic acids is 1. The van der Waals surface area contributed by atoms with Crippen LogP contribution < -0.4 is 5.32 Å². The van der Waals surface area contributed by atoms with E-state index in [1.54, 1.807) is 12.3 Å². The topological polar surface area (TPSA) is 63.5 Å². The molecule has 2 aromatic rings. The van der Waals surface area contributed by atoms with E-state index in [0.29, 0.717) is 48.4 Å². The van der Waals surface area contributed by atoms with Crippen molar-refractivity contribution in [1.29, 1.82) is 0 Å². The highest BCUT2D eigenvalue weighted by atomic mass is 35.5. The van der Waals surface area contributed by atoms with E-state index in [0.717, 1.165) is 5.52 Å². The van der Waals surface area contributed by atoms with Crippen LogP contribution in [0.3, 0.4) is 0 Å². The number of aliphatic hydroxyl groups is 1. The van der Waals surface area contributed by atoms with Gasteiger partial charge in [-0.3, -0.25) is 4.79 Å². The number of amides is 1. The summed E-state index contributed by atoms with van der Waals surface area (Å²) in [6.07, 6.45) is 3.35. The highest BCUT2D eigenvalue weighted by Gasteiger charge is 2.41. The van der Waals surface area contributed by atoms with Gasteiger partial charge in [-0.1, -0.05) is 17.7 Å². The lowest BCUT2D eigenvalue weighted by molar-refractivity contribution is -0.0533. The Morgan fingerprint density at radius 1 is 1.44 bits per heavy atom. The Bertz CT molecular complexity index is 877. The van der Waals surface area contributed by atoms with Gasteiger partial charge in [-0.25, -0.2) is 4.39 Å². The van der Waals surface area contributed by atoms with E-state index in [1.165, 1.54) is 6.92 Å². The van der Waals surface area contributed by atoms with Crippen LogP contribution in [-0.4, -0.2) is 46.6 Å². The minimum absolute atomic E-state index is 0.0228. The molecule has 1 saturated carbocycles. The summed E-state index contributed by atoms with van der Waals surface area (Å²) in [5.41, 5.74) is -1.28. The molecule has 5 nitrogen and oxygen atoms in total. The van der Waals surface area contributed by atoms with Gasteiger partial charge in [0.05, 0.1) is 41.0 Å². The van der Waals surface area contributed by atoms with E-state index < -0.39 is 11.3 Å². The Morgan fingerprint density at radius 3 is 2.89 bits per heavy atom. The normalized spacial score (nSPS) is 28.9. The van der Waals surface area contributed by atoms with Crippen LogP contribution >= 0.6 is 11.6 Å². The largest absolute Gasteiger partial charge is 0.388 e. The van der Waals surface area contributed by atoms with Gasteiger partial charge in [-0.15, -0.1) is 0 Å². The van der Waals surface area contributed by atoms with Crippen LogP contribution in [0, 0.1) is 0 Å². The number of ether oxygens (including phenoxy) is 1. The maximum absolute atomic E-state index is 14.3. The zero-order valence-electron chi connectivity index (χ0n) is 15.3. The third-order valence-electron chi connectivity index (χ3n) is 5.68. The maximum atomic E-state index is 14.3. The summed E-state index contributed by atoms with van der Waals surface area (Å²) in [5, 5.41) is 14.7. The van der Waals surface area contributed by atoms with Crippen molar-refractivity contribution >= 4 is 28.4 Å². The van der Waals surface area contributed by atoms with Crippen molar-refractivity contribution in [2.24, 2.45) is 0 Å². The predicted octanol–water partition coefficient (Wildman–Crippen LogP) is 3.63. The molecule has 1 amide bonds. The molecule has 27 heavy (non-hydrogen) atoms. The minimum atomic E-state index is -1.40. The van der Waals surface area contributed by atoms with Gasteiger partial charge in [0.15, 0.2) is 0 Å². The molecule has 0 radical (unpaired) electrons. The van der Waals surface area contributed by atoms with Crippen molar-refractivity contribution < 1.29 is 19.0 Å². The number of rotatable bonds is 4. The number of hydrogen-bond acceptors (Lipinski definition) is 3. The van der Waals surface area contributed by atoms with Crippen LogP contribution in [0.15, 0.2) is 24.4 Å². The second-order valence-corrected chi connectivity index (χ2v) is 8.53. The van der Waals surface area contributed by atoms with Crippen molar-refractivity contribution in [1.82, 2.24) is 9.88 Å². The smallest absolute Gasteiger partial charge is 0.253 e. The highest BCUT2D eigenvalue weighted by Crippen LogP contribution is 2.38. The van der Waals surface area contributed by atoms with Gasteiger partial charge in [0.25, 0.3) is 5.91 Å². The summed E-state index contributed by atoms with van der Waals surface area (Å²) in [6.45, 7) is 2.74. The molecule has 1 unspecified atom stereocenters. The summed E-state index contributed by atoms with van der Waals surface area (Å²) in [5.74, 6) is -0.313. The molecule has 2 atom stereocenters. The third-order valence-corrected chi connectivity index (χ3v) is 6.00. The zero-order valence-corrected chi connectivity index (χ0v) is 16.1. The lowest BCUT2D eigenvalue weighted by atomic mass is 9.77. The van der Waals surface area contributed by atoms with Crippen LogP contribution in [-0.2, 0) is 4.74 Å². The second kappa shape index (κ2) is 6.76. The standard InChI is InChI=1S/C20H24ClFN2O3/c1-19(22)6-3-7-20(26,11-19)12-23-18(25)14-8-24(13-9-27-10-13)16-5-2-4-15(21)17(14)16/h2,4-5,8,13,26H,3,6-7,9-12H2,1H3,(H,23,25)/t19?,20-/m0/s1. The van der Waals surface area contributed by atoms with Gasteiger partial charge in [0, 0.05) is 24.5 Å². The third kappa shape index (κ3) is 3.58. The molecule has 146 valence electrons. The fraction of sp³-hybridized carbons (Fsp3) is 0.550.